The van der Waals surface area contributed by atoms with Crippen molar-refractivity contribution < 1.29 is 14.4 Å². The molecule has 0 bridgehead atoms. The molecule has 2 aromatic rings. The first kappa shape index (κ1) is 18.6. The molecule has 0 aliphatic carbocycles. The second-order valence-electron chi connectivity index (χ2n) is 7.89. The molecular formula is C21H28N2O3. The van der Waals surface area contributed by atoms with Crippen molar-refractivity contribution in [3.8, 4) is 0 Å². The van der Waals surface area contributed by atoms with Crippen molar-refractivity contribution in [1.29, 1.82) is 0 Å². The number of aromatic nitrogens is 1. The molecular weight excluding hydrogens is 328 g/mol. The van der Waals surface area contributed by atoms with E-state index in [9.17, 15) is 9.90 Å². The number of aryl methyl sites for hydroxylation is 2. The SMILES string of the molecule is Cc1cc([C@@H]2CCCCN2C(=O)c2cccc(CCC(C)(C)O)c2)no1. The van der Waals surface area contributed by atoms with Crippen molar-refractivity contribution in [3.63, 3.8) is 0 Å². The number of likely N-dealkylation sites (tertiary alicyclic amines) is 1. The second-order valence-corrected chi connectivity index (χ2v) is 7.89. The van der Waals surface area contributed by atoms with E-state index in [4.69, 9.17) is 4.52 Å². The lowest BCUT2D eigenvalue weighted by atomic mass is 9.96. The van der Waals surface area contributed by atoms with E-state index < -0.39 is 5.60 Å². The average molecular weight is 356 g/mol. The molecule has 5 nitrogen and oxygen atoms in total. The number of piperidine rings is 1. The first-order valence-electron chi connectivity index (χ1n) is 9.39. The molecule has 1 saturated heterocycles. The third-order valence-electron chi connectivity index (χ3n) is 4.95. The highest BCUT2D eigenvalue weighted by atomic mass is 16.5. The normalized spacial score (nSPS) is 18.2. The third-order valence-corrected chi connectivity index (χ3v) is 4.95. The highest BCUT2D eigenvalue weighted by Gasteiger charge is 2.30. The van der Waals surface area contributed by atoms with Crippen molar-refractivity contribution in [2.24, 2.45) is 0 Å². The molecule has 1 atom stereocenters. The minimum absolute atomic E-state index is 0.0197. The Balaban J connectivity index is 1.78. The standard InChI is InChI=1S/C21H28N2O3/c1-15-13-18(22-26-15)19-9-4-5-12-23(19)20(24)17-8-6-7-16(14-17)10-11-21(2,3)25/h6-8,13-14,19,25H,4-5,9-12H2,1-3H3/t19-/m0/s1. The molecule has 0 unspecified atom stereocenters. The maximum absolute atomic E-state index is 13.2. The van der Waals surface area contributed by atoms with Crippen LogP contribution in [0.1, 0.15) is 72.9 Å². The summed E-state index contributed by atoms with van der Waals surface area (Å²) in [6.07, 6.45) is 4.42. The Hall–Kier alpha value is -2.14. The molecule has 1 aliphatic heterocycles. The molecule has 1 amide bonds. The van der Waals surface area contributed by atoms with Gasteiger partial charge in [-0.15, -0.1) is 0 Å². The van der Waals surface area contributed by atoms with Gasteiger partial charge in [-0.05, 0) is 70.6 Å². The summed E-state index contributed by atoms with van der Waals surface area (Å²) in [6, 6.07) is 9.66. The number of aliphatic hydroxyl groups is 1. The fourth-order valence-electron chi connectivity index (χ4n) is 3.50. The number of hydrogen-bond acceptors (Lipinski definition) is 4. The highest BCUT2D eigenvalue weighted by molar-refractivity contribution is 5.94. The maximum atomic E-state index is 13.2. The van der Waals surface area contributed by atoms with Gasteiger partial charge in [0.25, 0.3) is 5.91 Å². The van der Waals surface area contributed by atoms with Gasteiger partial charge < -0.3 is 14.5 Å². The molecule has 0 spiro atoms. The minimum Gasteiger partial charge on any atom is -0.390 e. The lowest BCUT2D eigenvalue weighted by Gasteiger charge is -2.34. The van der Waals surface area contributed by atoms with Crippen LogP contribution in [0.5, 0.6) is 0 Å². The molecule has 1 aliphatic rings. The van der Waals surface area contributed by atoms with Crippen LogP contribution in [0.3, 0.4) is 0 Å². The lowest BCUT2D eigenvalue weighted by molar-refractivity contribution is 0.0602. The molecule has 1 aromatic carbocycles. The Morgan fingerprint density at radius 1 is 1.35 bits per heavy atom. The van der Waals surface area contributed by atoms with Crippen molar-refractivity contribution in [1.82, 2.24) is 10.1 Å². The van der Waals surface area contributed by atoms with Gasteiger partial charge in [0.15, 0.2) is 0 Å². The molecule has 0 radical (unpaired) electrons. The summed E-state index contributed by atoms with van der Waals surface area (Å²) in [5.74, 6) is 0.812. The van der Waals surface area contributed by atoms with Gasteiger partial charge in [-0.2, -0.15) is 0 Å². The summed E-state index contributed by atoms with van der Waals surface area (Å²) in [6.45, 7) is 6.22. The molecule has 3 rings (SSSR count). The second kappa shape index (κ2) is 7.62. The molecule has 2 heterocycles. The van der Waals surface area contributed by atoms with Crippen LogP contribution in [0.4, 0.5) is 0 Å². The van der Waals surface area contributed by atoms with Crippen LogP contribution in [-0.2, 0) is 6.42 Å². The van der Waals surface area contributed by atoms with E-state index >= 15 is 0 Å². The Morgan fingerprint density at radius 3 is 2.85 bits per heavy atom. The zero-order chi connectivity index (χ0) is 18.7. The van der Waals surface area contributed by atoms with Gasteiger partial charge in [-0.3, -0.25) is 4.79 Å². The number of amides is 1. The fraction of sp³-hybridized carbons (Fsp3) is 0.524. The summed E-state index contributed by atoms with van der Waals surface area (Å²) in [4.78, 5) is 15.1. The zero-order valence-corrected chi connectivity index (χ0v) is 15.9. The monoisotopic (exact) mass is 356 g/mol. The van der Waals surface area contributed by atoms with E-state index in [-0.39, 0.29) is 11.9 Å². The van der Waals surface area contributed by atoms with Crippen LogP contribution in [0.15, 0.2) is 34.9 Å². The smallest absolute Gasteiger partial charge is 0.254 e. The van der Waals surface area contributed by atoms with Gasteiger partial charge in [0.05, 0.1) is 11.6 Å². The largest absolute Gasteiger partial charge is 0.390 e. The van der Waals surface area contributed by atoms with Crippen LogP contribution in [0.2, 0.25) is 0 Å². The Morgan fingerprint density at radius 2 is 2.15 bits per heavy atom. The predicted octanol–water partition coefficient (Wildman–Crippen LogP) is 4.05. The Bertz CT molecular complexity index is 761. The third kappa shape index (κ3) is 4.52. The molecule has 1 fully saturated rings. The maximum Gasteiger partial charge on any atom is 0.254 e. The highest BCUT2D eigenvalue weighted by Crippen LogP contribution is 2.32. The van der Waals surface area contributed by atoms with Gasteiger partial charge in [0.1, 0.15) is 11.5 Å². The molecule has 0 saturated carbocycles. The van der Waals surface area contributed by atoms with Gasteiger partial charge in [-0.25, -0.2) is 0 Å². The predicted molar refractivity (Wildman–Crippen MR) is 99.9 cm³/mol. The van der Waals surface area contributed by atoms with E-state index in [0.29, 0.717) is 12.0 Å². The van der Waals surface area contributed by atoms with E-state index in [1.807, 2.05) is 42.2 Å². The first-order valence-corrected chi connectivity index (χ1v) is 9.39. The van der Waals surface area contributed by atoms with E-state index in [2.05, 4.69) is 5.16 Å². The number of hydrogen-bond donors (Lipinski definition) is 1. The molecule has 140 valence electrons. The molecule has 1 N–H and O–H groups in total. The number of rotatable bonds is 5. The van der Waals surface area contributed by atoms with Crippen molar-refractivity contribution in [2.45, 2.75) is 64.5 Å². The van der Waals surface area contributed by atoms with Gasteiger partial charge in [-0.1, -0.05) is 17.3 Å². The number of carbonyl (C=O) groups excluding carboxylic acids is 1. The van der Waals surface area contributed by atoms with Crippen LogP contribution < -0.4 is 0 Å². The van der Waals surface area contributed by atoms with E-state index in [1.54, 1.807) is 13.8 Å². The zero-order valence-electron chi connectivity index (χ0n) is 15.9. The summed E-state index contributed by atoms with van der Waals surface area (Å²) in [7, 11) is 0. The van der Waals surface area contributed by atoms with Crippen molar-refractivity contribution >= 4 is 5.91 Å². The van der Waals surface area contributed by atoms with Crippen LogP contribution in [0, 0.1) is 6.92 Å². The number of benzene rings is 1. The van der Waals surface area contributed by atoms with E-state index in [0.717, 1.165) is 49.2 Å². The fourth-order valence-corrected chi connectivity index (χ4v) is 3.50. The van der Waals surface area contributed by atoms with Gasteiger partial charge in [0.2, 0.25) is 0 Å². The Labute approximate surface area is 155 Å². The number of nitrogens with zero attached hydrogens (tertiary/aromatic N) is 2. The van der Waals surface area contributed by atoms with Crippen LogP contribution in [-0.4, -0.2) is 33.2 Å². The first-order chi connectivity index (χ1) is 12.3. The van der Waals surface area contributed by atoms with Crippen molar-refractivity contribution in [3.05, 3.63) is 52.9 Å². The lowest BCUT2D eigenvalue weighted by Crippen LogP contribution is -2.38. The summed E-state index contributed by atoms with van der Waals surface area (Å²) < 4.78 is 5.22. The summed E-state index contributed by atoms with van der Waals surface area (Å²) in [5, 5.41) is 14.1. The molecule has 5 heteroatoms. The van der Waals surface area contributed by atoms with Crippen LogP contribution in [0.25, 0.3) is 0 Å². The molecule has 26 heavy (non-hydrogen) atoms. The number of carbonyl (C=O) groups is 1. The van der Waals surface area contributed by atoms with Gasteiger partial charge >= 0.3 is 0 Å². The van der Waals surface area contributed by atoms with Gasteiger partial charge in [0, 0.05) is 18.2 Å². The van der Waals surface area contributed by atoms with E-state index in [1.165, 1.54) is 0 Å². The topological polar surface area (TPSA) is 66.6 Å². The quantitative estimate of drug-likeness (QED) is 0.877. The summed E-state index contributed by atoms with van der Waals surface area (Å²) >= 11 is 0. The Kier molecular flexibility index (Phi) is 5.47. The minimum atomic E-state index is -0.706. The average Bonchev–Trinajstić information content (AvgIpc) is 3.05. The van der Waals surface area contributed by atoms with Crippen LogP contribution >= 0.6 is 0 Å². The molecule has 1 aromatic heterocycles. The summed E-state index contributed by atoms with van der Waals surface area (Å²) in [5.41, 5.74) is 1.91. The van der Waals surface area contributed by atoms with Crippen molar-refractivity contribution in [2.75, 3.05) is 6.54 Å².